The van der Waals surface area contributed by atoms with Gasteiger partial charge in [-0.2, -0.15) is 0 Å². The molecular formula is C50H9B24N3S. The lowest BCUT2D eigenvalue weighted by Crippen LogP contribution is -2.59. The summed E-state index contributed by atoms with van der Waals surface area (Å²) in [4.78, 5) is 11.4. The number of anilines is 3. The highest BCUT2D eigenvalue weighted by Gasteiger charge is 2.32. The van der Waals surface area contributed by atoms with Gasteiger partial charge in [0.1, 0.15) is 188 Å². The number of fused-ring (bicyclic) bond motifs is 4. The summed E-state index contributed by atoms with van der Waals surface area (Å²) in [6, 6.07) is 17.0. The van der Waals surface area contributed by atoms with Gasteiger partial charge in [-0.1, -0.05) is 136 Å². The lowest BCUT2D eigenvalue weighted by Gasteiger charge is -2.40. The highest BCUT2D eigenvalue weighted by atomic mass is 32.1. The van der Waals surface area contributed by atoms with E-state index in [1.54, 1.807) is 0 Å². The van der Waals surface area contributed by atoms with Crippen molar-refractivity contribution in [2.75, 3.05) is 4.90 Å². The number of nitrogens with zero attached hydrogens (tertiary/aromatic N) is 3. The van der Waals surface area contributed by atoms with Crippen LogP contribution in [-0.4, -0.2) is 198 Å². The molecule has 0 amide bonds. The largest absolute Gasteiger partial charge is 0.314 e. The Kier molecular flexibility index (Phi) is 14.6. The van der Waals surface area contributed by atoms with Crippen LogP contribution in [0.4, 0.5) is 17.1 Å². The normalized spacial score (nSPS) is 11.5. The highest BCUT2D eigenvalue weighted by Crippen LogP contribution is 2.42. The number of para-hydroxylation sites is 1. The molecular weight excluding hydrogens is 934 g/mol. The summed E-state index contributed by atoms with van der Waals surface area (Å²) < 4.78 is 0.811. The van der Waals surface area contributed by atoms with E-state index < -0.39 is 0 Å². The number of rotatable bonds is 7. The molecule has 10 rings (SSSR count). The second-order valence-electron chi connectivity index (χ2n) is 18.5. The predicted molar refractivity (Wildman–Crippen MR) is 358 cm³/mol. The molecule has 10 aromatic rings. The van der Waals surface area contributed by atoms with Crippen molar-refractivity contribution >= 4 is 379 Å². The van der Waals surface area contributed by atoms with Crippen LogP contribution in [0.1, 0.15) is 0 Å². The monoisotopic (exact) mass is 947 g/mol. The molecule has 48 radical (unpaired) electrons. The average Bonchev–Trinajstić information content (AvgIpc) is 3.98. The Morgan fingerprint density at radius 2 is 0.628 bits per heavy atom. The third kappa shape index (κ3) is 8.11. The number of hydrogen-bond acceptors (Lipinski definition) is 4. The number of thiophene rings is 1. The topological polar surface area (TPSA) is 29.0 Å². The summed E-state index contributed by atoms with van der Waals surface area (Å²) in [5, 5.41) is 1.37. The molecule has 0 saturated carbocycles. The lowest BCUT2D eigenvalue weighted by atomic mass is 9.56. The Bertz CT molecular complexity index is 4220. The van der Waals surface area contributed by atoms with Gasteiger partial charge in [-0.25, -0.2) is 9.97 Å². The maximum absolute atomic E-state index is 7.29. The van der Waals surface area contributed by atoms with Gasteiger partial charge in [-0.05, 0) is 33.7 Å². The third-order valence-corrected chi connectivity index (χ3v) is 15.5. The van der Waals surface area contributed by atoms with Crippen molar-refractivity contribution in [1.29, 1.82) is 0 Å². The van der Waals surface area contributed by atoms with Gasteiger partial charge in [-0.3, -0.25) is 0 Å². The minimum absolute atomic E-state index is 0.0103. The van der Waals surface area contributed by atoms with Crippen molar-refractivity contribution in [2.45, 2.75) is 0 Å². The number of aromatic nitrogens is 2. The molecule has 0 fully saturated rings. The highest BCUT2D eigenvalue weighted by molar-refractivity contribution is 7.28. The quantitative estimate of drug-likeness (QED) is 0.149. The van der Waals surface area contributed by atoms with E-state index in [9.17, 15) is 0 Å². The van der Waals surface area contributed by atoms with E-state index in [2.05, 4.69) is 0 Å². The first-order valence-corrected chi connectivity index (χ1v) is 24.0. The molecule has 0 aliphatic carbocycles. The molecule has 0 aliphatic rings. The van der Waals surface area contributed by atoms with Crippen LogP contribution in [-0.2, 0) is 0 Å². The van der Waals surface area contributed by atoms with Crippen molar-refractivity contribution < 1.29 is 0 Å². The van der Waals surface area contributed by atoms with Gasteiger partial charge in [0, 0.05) is 48.4 Å². The molecule has 0 bridgehead atoms. The van der Waals surface area contributed by atoms with E-state index in [1.165, 1.54) is 16.2 Å². The fraction of sp³-hybridized carbons (Fsp3) is 0. The van der Waals surface area contributed by atoms with Crippen LogP contribution >= 0.6 is 11.3 Å². The number of hydrogen-bond donors (Lipinski definition) is 0. The van der Waals surface area contributed by atoms with Crippen molar-refractivity contribution in [3.05, 3.63) is 54.6 Å². The fourth-order valence-corrected chi connectivity index (χ4v) is 11.4. The smallest absolute Gasteiger partial charge is 0.161 e. The minimum Gasteiger partial charge on any atom is -0.314 e. The Morgan fingerprint density at radius 1 is 0.282 bits per heavy atom. The molecule has 2 aromatic heterocycles. The first-order chi connectivity index (χ1) is 36.8. The summed E-state index contributed by atoms with van der Waals surface area (Å²) in [6.07, 6.45) is 0. The Labute approximate surface area is 489 Å². The van der Waals surface area contributed by atoms with Crippen LogP contribution in [0.15, 0.2) is 54.6 Å². The van der Waals surface area contributed by atoms with Gasteiger partial charge in [0.25, 0.3) is 0 Å². The lowest BCUT2D eigenvalue weighted by molar-refractivity contribution is 1.24. The Balaban J connectivity index is 1.33. The van der Waals surface area contributed by atoms with Gasteiger partial charge in [0.05, 0.1) is 11.2 Å². The second-order valence-corrected chi connectivity index (χ2v) is 19.5. The summed E-state index contributed by atoms with van der Waals surface area (Å²) in [6.45, 7) is 0. The zero-order chi connectivity index (χ0) is 56.7. The first kappa shape index (κ1) is 56.0. The van der Waals surface area contributed by atoms with Crippen LogP contribution in [0.5, 0.6) is 0 Å². The molecule has 3 nitrogen and oxygen atoms in total. The maximum Gasteiger partial charge on any atom is 0.161 e. The van der Waals surface area contributed by atoms with Crippen LogP contribution < -0.4 is 136 Å². The minimum atomic E-state index is -0.326. The van der Waals surface area contributed by atoms with Gasteiger partial charge in [0.2, 0.25) is 0 Å². The summed E-state index contributed by atoms with van der Waals surface area (Å²) >= 11 is 1.17. The molecule has 0 aliphatic heterocycles. The molecule has 0 saturated heterocycles. The van der Waals surface area contributed by atoms with E-state index in [4.69, 9.17) is 198 Å². The van der Waals surface area contributed by atoms with Crippen molar-refractivity contribution in [1.82, 2.24) is 9.97 Å². The predicted octanol–water partition coefficient (Wildman–Crippen LogP) is -14.8. The Hall–Kier alpha value is -5.32. The first-order valence-electron chi connectivity index (χ1n) is 23.1. The van der Waals surface area contributed by atoms with Gasteiger partial charge in [0.15, 0.2) is 5.82 Å². The molecule has 28 heteroatoms. The maximum atomic E-state index is 7.29. The van der Waals surface area contributed by atoms with Crippen LogP contribution in [0.25, 0.3) is 76.0 Å². The van der Waals surface area contributed by atoms with Gasteiger partial charge in [-0.15, -0.1) is 55.0 Å². The van der Waals surface area contributed by atoms with E-state index in [0.717, 1.165) is 10.9 Å². The Morgan fingerprint density at radius 3 is 1.12 bits per heavy atom. The molecule has 0 atom stereocenters. The van der Waals surface area contributed by atoms with Gasteiger partial charge >= 0.3 is 0 Å². The van der Waals surface area contributed by atoms with E-state index >= 15 is 0 Å². The molecule has 78 heavy (non-hydrogen) atoms. The van der Waals surface area contributed by atoms with Crippen molar-refractivity contribution in [3.8, 4) is 44.9 Å². The van der Waals surface area contributed by atoms with Crippen molar-refractivity contribution in [2.24, 2.45) is 0 Å². The summed E-state index contributed by atoms with van der Waals surface area (Å²) in [7, 11) is 163. The fourth-order valence-electron chi connectivity index (χ4n) is 10.0. The molecule has 2 heterocycles. The van der Waals surface area contributed by atoms with E-state index in [0.29, 0.717) is 36.9 Å². The standard InChI is InChI=1S/C50H9B24N3S/c51-20-13(14-18-27(58)31(62)36(67)43(74)49(18)78-48(14)19(28(20)59)50-75-12-9-5-4-8-11(12)44(76-50)10-6-2-1-3-7-10)15-23(54)37(68)45(38(69)24(15)55)77(47-41(72)34(65)33(64)35(66)42(47)73)46-39(70)25(56)17(26(57)40(46)71)16-21(52)29(60)32(63)30(61)22(16)53/h1-9H. The van der Waals surface area contributed by atoms with Crippen LogP contribution in [0, 0.1) is 0 Å². The number of benzene rings is 8. The SMILES string of the molecule is [B]c1c([B])c([B])c(-c2c([B])c([B])c(N(c3c([B])c([B])c([B])c([B])c3[B])c3c([B])c([B])c(-c4c([B])c([B])c(-c5nc(-c6ccccc6)c6ccccc6n5)c5sc6c([B])c([B])c([B])c([B])c6c45)c([B])c3[B])c([B])c2[B])c([B])c1[B]. The van der Waals surface area contributed by atoms with Crippen molar-refractivity contribution in [3.63, 3.8) is 0 Å². The summed E-state index contributed by atoms with van der Waals surface area (Å²) in [5.41, 5.74) is -2.61. The molecule has 0 spiro atoms. The molecule has 0 N–H and O–H groups in total. The van der Waals surface area contributed by atoms with Crippen LogP contribution in [0.3, 0.4) is 0 Å². The van der Waals surface area contributed by atoms with E-state index in [-0.39, 0.29) is 176 Å². The molecule has 302 valence electrons. The average molecular weight is 943 g/mol. The summed E-state index contributed by atoms with van der Waals surface area (Å²) in [5.74, 6) is 0.189. The van der Waals surface area contributed by atoms with Crippen LogP contribution in [0.2, 0.25) is 0 Å². The zero-order valence-electron chi connectivity index (χ0n) is 41.3. The molecule has 8 aromatic carbocycles. The van der Waals surface area contributed by atoms with E-state index in [1.807, 2.05) is 54.6 Å². The third-order valence-electron chi connectivity index (χ3n) is 14.3. The molecule has 0 unspecified atom stereocenters. The zero-order valence-corrected chi connectivity index (χ0v) is 42.1. The second kappa shape index (κ2) is 20.3. The van der Waals surface area contributed by atoms with Gasteiger partial charge < -0.3 is 4.90 Å².